The van der Waals surface area contributed by atoms with Crippen molar-refractivity contribution < 1.29 is 0 Å². The molecule has 9 aromatic carbocycles. The first kappa shape index (κ1) is 33.4. The smallest absolute Gasteiger partial charge is 0.146 e. The maximum absolute atomic E-state index is 5.58. The monoisotopic (exact) mass is 789 g/mol. The minimum Gasteiger partial charge on any atom is -0.308 e. The van der Waals surface area contributed by atoms with Crippen LogP contribution in [0, 0.1) is 0 Å². The van der Waals surface area contributed by atoms with Crippen LogP contribution in [0.15, 0.2) is 212 Å². The molecular weight excluding hydrogens is 755 g/mol. The molecule has 0 amide bonds. The molecule has 5 heteroatoms. The van der Waals surface area contributed by atoms with Crippen molar-refractivity contribution in [1.82, 2.24) is 13.8 Å². The van der Waals surface area contributed by atoms with E-state index in [2.05, 4.69) is 231 Å². The second-order valence-corrected chi connectivity index (χ2v) is 16.3. The van der Waals surface area contributed by atoms with Crippen molar-refractivity contribution in [1.29, 1.82) is 0 Å². The van der Waals surface area contributed by atoms with E-state index in [1.54, 1.807) is 0 Å². The van der Waals surface area contributed by atoms with E-state index in [1.165, 1.54) is 70.4 Å². The third-order valence-electron chi connectivity index (χ3n) is 13.1. The minimum atomic E-state index is 0.963. The van der Waals surface area contributed by atoms with Gasteiger partial charge in [0.1, 0.15) is 5.65 Å². The van der Waals surface area contributed by atoms with Crippen LogP contribution in [0.1, 0.15) is 0 Å². The molecule has 0 bridgehead atoms. The third kappa shape index (κ3) is 4.38. The number of fused-ring (bicyclic) bond motifs is 15. The summed E-state index contributed by atoms with van der Waals surface area (Å²) < 4.78 is 4.97. The van der Waals surface area contributed by atoms with Crippen LogP contribution in [-0.4, -0.2) is 13.8 Å². The van der Waals surface area contributed by atoms with Crippen molar-refractivity contribution >= 4 is 121 Å². The van der Waals surface area contributed by atoms with Crippen LogP contribution in [0.3, 0.4) is 0 Å². The highest BCUT2D eigenvalue weighted by Crippen LogP contribution is 2.51. The molecule has 0 radical (unpaired) electrons. The van der Waals surface area contributed by atoms with Crippen molar-refractivity contribution in [3.8, 4) is 0 Å². The van der Waals surface area contributed by atoms with Gasteiger partial charge in [-0.15, -0.1) is 0 Å². The molecule has 14 rings (SSSR count). The highest BCUT2D eigenvalue weighted by Gasteiger charge is 2.29. The summed E-state index contributed by atoms with van der Waals surface area (Å²) >= 11 is 0. The van der Waals surface area contributed by atoms with Crippen LogP contribution in [0.4, 0.5) is 34.1 Å². The molecule has 0 unspecified atom stereocenters. The average molecular weight is 790 g/mol. The number of hydrogen-bond donors (Lipinski definition) is 0. The van der Waals surface area contributed by atoms with Gasteiger partial charge in [-0.2, -0.15) is 0 Å². The summed E-state index contributed by atoms with van der Waals surface area (Å²) in [7, 11) is 0. The van der Waals surface area contributed by atoms with Crippen molar-refractivity contribution in [2.45, 2.75) is 0 Å². The molecule has 5 heterocycles. The van der Waals surface area contributed by atoms with Gasteiger partial charge in [-0.1, -0.05) is 146 Å². The molecule has 5 nitrogen and oxygen atoms in total. The van der Waals surface area contributed by atoms with Gasteiger partial charge >= 0.3 is 0 Å². The van der Waals surface area contributed by atoms with Gasteiger partial charge in [0.15, 0.2) is 0 Å². The zero-order valence-corrected chi connectivity index (χ0v) is 33.4. The molecule has 0 spiro atoms. The summed E-state index contributed by atoms with van der Waals surface area (Å²) in [5.41, 5.74) is 13.4. The lowest BCUT2D eigenvalue weighted by Crippen LogP contribution is -2.11. The van der Waals surface area contributed by atoms with Gasteiger partial charge in [0.25, 0.3) is 0 Å². The fourth-order valence-corrected chi connectivity index (χ4v) is 10.7. The van der Waals surface area contributed by atoms with Crippen molar-refractivity contribution in [2.24, 2.45) is 0 Å². The number of pyridine rings is 1. The van der Waals surface area contributed by atoms with Gasteiger partial charge in [-0.3, -0.25) is 4.40 Å². The quantitative estimate of drug-likeness (QED) is 0.168. The van der Waals surface area contributed by atoms with E-state index >= 15 is 0 Å². The van der Waals surface area contributed by atoms with E-state index < -0.39 is 0 Å². The number of anilines is 6. The normalized spacial score (nSPS) is 12.2. The van der Waals surface area contributed by atoms with Crippen LogP contribution in [0.2, 0.25) is 0 Å². The molecule has 0 aliphatic rings. The molecule has 0 aliphatic heterocycles. The van der Waals surface area contributed by atoms with Crippen LogP contribution in [-0.2, 0) is 0 Å². The third-order valence-corrected chi connectivity index (χ3v) is 13.1. The highest BCUT2D eigenvalue weighted by molar-refractivity contribution is 6.37. The molecule has 0 saturated heterocycles. The Balaban J connectivity index is 1.15. The van der Waals surface area contributed by atoms with Crippen LogP contribution in [0.25, 0.3) is 87.1 Å². The van der Waals surface area contributed by atoms with Gasteiger partial charge in [0.2, 0.25) is 0 Å². The summed E-state index contributed by atoms with van der Waals surface area (Å²) in [6.45, 7) is 0. The average Bonchev–Trinajstić information content (AvgIpc) is 4.08. The van der Waals surface area contributed by atoms with Crippen LogP contribution in [0.5, 0.6) is 0 Å². The van der Waals surface area contributed by atoms with Crippen LogP contribution >= 0.6 is 0 Å². The lowest BCUT2D eigenvalue weighted by molar-refractivity contribution is 1.23. The Bertz CT molecular complexity index is 3950. The minimum absolute atomic E-state index is 0.963. The number of rotatable bonds is 6. The van der Waals surface area contributed by atoms with Crippen molar-refractivity contribution in [2.75, 3.05) is 9.80 Å². The zero-order chi connectivity index (χ0) is 40.5. The lowest BCUT2D eigenvalue weighted by Gasteiger charge is -2.27. The number of hydrogen-bond acceptors (Lipinski definition) is 3. The predicted octanol–water partition coefficient (Wildman–Crippen LogP) is 15.5. The number of nitrogens with zero attached hydrogens (tertiary/aromatic N) is 5. The summed E-state index contributed by atoms with van der Waals surface area (Å²) in [5, 5.41) is 12.2. The van der Waals surface area contributed by atoms with Gasteiger partial charge in [-0.05, 0) is 71.4 Å². The van der Waals surface area contributed by atoms with Gasteiger partial charge < -0.3 is 14.2 Å². The molecule has 0 N–H and O–H groups in total. The summed E-state index contributed by atoms with van der Waals surface area (Å²) in [6.07, 6.45) is 2.13. The van der Waals surface area contributed by atoms with E-state index in [9.17, 15) is 0 Å². The Hall–Kier alpha value is -8.41. The summed E-state index contributed by atoms with van der Waals surface area (Å²) in [4.78, 5) is 10.4. The maximum Gasteiger partial charge on any atom is 0.146 e. The fraction of sp³-hybridized carbons (Fsp3) is 0. The number of para-hydroxylation sites is 7. The summed E-state index contributed by atoms with van der Waals surface area (Å²) in [6, 6.07) is 74.5. The largest absolute Gasteiger partial charge is 0.308 e. The first-order valence-corrected chi connectivity index (χ1v) is 21.2. The Kier molecular flexibility index (Phi) is 6.77. The molecule has 0 fully saturated rings. The van der Waals surface area contributed by atoms with Gasteiger partial charge in [-0.25, -0.2) is 4.98 Å². The number of benzene rings is 9. The standard InChI is InChI=1S/C57H35N5/c1-5-19-37(20-6-1)59(38-21-7-2-8-22-38)47-33-17-29-43-42-28-15-31-45-51-49(61(53(42)45)55(43)47)35-58-57-52(51)46-32-16-30-44-50-41-27-14-13-18-36(41)34-48(56(50)62(57)54(44)46)60(39-23-9-3-10-24-39)40-25-11-4-12-26-40/h1-35H. The van der Waals surface area contributed by atoms with Gasteiger partial charge in [0, 0.05) is 65.8 Å². The highest BCUT2D eigenvalue weighted by atomic mass is 15.2. The molecule has 0 atom stereocenters. The Morgan fingerprint density at radius 1 is 0.323 bits per heavy atom. The molecule has 62 heavy (non-hydrogen) atoms. The van der Waals surface area contributed by atoms with E-state index in [0.717, 1.165) is 50.8 Å². The molecule has 14 aromatic rings. The molecule has 0 aliphatic carbocycles. The molecule has 288 valence electrons. The number of aromatic nitrogens is 3. The summed E-state index contributed by atoms with van der Waals surface area (Å²) in [5.74, 6) is 0. The topological polar surface area (TPSA) is 28.2 Å². The second-order valence-electron chi connectivity index (χ2n) is 16.3. The van der Waals surface area contributed by atoms with E-state index in [4.69, 9.17) is 4.98 Å². The molecule has 0 saturated carbocycles. The van der Waals surface area contributed by atoms with Crippen molar-refractivity contribution in [3.63, 3.8) is 0 Å². The first-order chi connectivity index (χ1) is 30.8. The zero-order valence-electron chi connectivity index (χ0n) is 33.4. The Labute approximate surface area is 355 Å². The Morgan fingerprint density at radius 2 is 0.774 bits per heavy atom. The fourth-order valence-electron chi connectivity index (χ4n) is 10.7. The Morgan fingerprint density at radius 3 is 1.39 bits per heavy atom. The lowest BCUT2D eigenvalue weighted by atomic mass is 9.99. The second kappa shape index (κ2) is 12.6. The van der Waals surface area contributed by atoms with Gasteiger partial charge in [0.05, 0.1) is 45.2 Å². The predicted molar refractivity (Wildman–Crippen MR) is 260 cm³/mol. The van der Waals surface area contributed by atoms with Crippen LogP contribution < -0.4 is 9.80 Å². The van der Waals surface area contributed by atoms with Crippen molar-refractivity contribution in [3.05, 3.63) is 212 Å². The van der Waals surface area contributed by atoms with E-state index in [0.29, 0.717) is 0 Å². The molecule has 5 aromatic heterocycles. The first-order valence-electron chi connectivity index (χ1n) is 21.2. The van der Waals surface area contributed by atoms with E-state index in [1.807, 2.05) is 0 Å². The maximum atomic E-state index is 5.58. The van der Waals surface area contributed by atoms with E-state index in [-0.39, 0.29) is 0 Å². The SMILES string of the molecule is c1ccc(N(c2ccccc2)c2cccc3c4cccc5c6c7c8cccc9c%10c%11ccccc%11cc(N(c%11ccccc%11)c%11ccccc%11)c%10n(c7ncc6n(c23)c45)c89)cc1. The molecular formula is C57H35N5.